The van der Waals surface area contributed by atoms with Gasteiger partial charge in [0.05, 0.1) is 17.2 Å². The Morgan fingerprint density at radius 1 is 1.00 bits per heavy atom. The van der Waals surface area contributed by atoms with Crippen LogP contribution in [0.4, 0.5) is 0 Å². The first-order valence-electron chi connectivity index (χ1n) is 8.87. The van der Waals surface area contributed by atoms with Crippen molar-refractivity contribution >= 4 is 16.9 Å². The highest BCUT2D eigenvalue weighted by Gasteiger charge is 2.26. The summed E-state index contributed by atoms with van der Waals surface area (Å²) in [6, 6.07) is 12.0. The molecule has 0 spiro atoms. The Hall–Kier alpha value is -2.86. The molecule has 0 bridgehead atoms. The molecule has 1 saturated heterocycles. The van der Waals surface area contributed by atoms with E-state index in [1.807, 2.05) is 41.4 Å². The van der Waals surface area contributed by atoms with E-state index in [4.69, 9.17) is 0 Å². The van der Waals surface area contributed by atoms with Crippen LogP contribution in [-0.4, -0.2) is 56.8 Å². The van der Waals surface area contributed by atoms with Crippen molar-refractivity contribution in [1.82, 2.24) is 24.8 Å². The van der Waals surface area contributed by atoms with E-state index >= 15 is 0 Å². The summed E-state index contributed by atoms with van der Waals surface area (Å²) in [6.07, 6.45) is 5.28. The third-order valence-corrected chi connectivity index (χ3v) is 4.98. The third-order valence-electron chi connectivity index (χ3n) is 4.98. The maximum Gasteiger partial charge on any atom is 0.274 e. The van der Waals surface area contributed by atoms with Gasteiger partial charge < -0.3 is 4.90 Å². The standard InChI is InChI=1S/C20H21N5O/c1-15(16-5-4-8-21-13-16)24-9-11-25(12-10-24)20(26)19-14-22-17-6-2-3-7-18(17)23-19/h2-8,13-15H,9-12H2,1H3/t15-/m0/s1. The number of pyridine rings is 1. The second-order valence-corrected chi connectivity index (χ2v) is 6.53. The lowest BCUT2D eigenvalue weighted by Gasteiger charge is -2.38. The molecule has 6 heteroatoms. The molecule has 1 fully saturated rings. The highest BCUT2D eigenvalue weighted by Crippen LogP contribution is 2.21. The summed E-state index contributed by atoms with van der Waals surface area (Å²) in [4.78, 5) is 30.1. The zero-order valence-corrected chi connectivity index (χ0v) is 14.7. The van der Waals surface area contributed by atoms with Crippen molar-refractivity contribution in [2.75, 3.05) is 26.2 Å². The topological polar surface area (TPSA) is 62.2 Å². The Labute approximate surface area is 152 Å². The number of nitrogens with zero attached hydrogens (tertiary/aromatic N) is 5. The van der Waals surface area contributed by atoms with Gasteiger partial charge in [0, 0.05) is 44.6 Å². The van der Waals surface area contributed by atoms with E-state index in [1.54, 1.807) is 12.4 Å². The number of fused-ring (bicyclic) bond motifs is 1. The van der Waals surface area contributed by atoms with Crippen molar-refractivity contribution in [3.63, 3.8) is 0 Å². The Balaban J connectivity index is 1.43. The van der Waals surface area contributed by atoms with Crippen molar-refractivity contribution in [3.8, 4) is 0 Å². The molecule has 2 aromatic heterocycles. The average molecular weight is 347 g/mol. The van der Waals surface area contributed by atoms with E-state index in [-0.39, 0.29) is 5.91 Å². The molecule has 0 aliphatic carbocycles. The molecule has 1 aliphatic heterocycles. The van der Waals surface area contributed by atoms with Gasteiger partial charge in [-0.05, 0) is 30.7 Å². The molecule has 1 amide bonds. The smallest absolute Gasteiger partial charge is 0.274 e. The maximum absolute atomic E-state index is 12.8. The number of amides is 1. The van der Waals surface area contributed by atoms with Crippen LogP contribution in [0.5, 0.6) is 0 Å². The van der Waals surface area contributed by atoms with E-state index in [2.05, 4.69) is 32.8 Å². The van der Waals surface area contributed by atoms with Gasteiger partial charge in [-0.3, -0.25) is 19.7 Å². The van der Waals surface area contributed by atoms with Crippen molar-refractivity contribution in [2.45, 2.75) is 13.0 Å². The monoisotopic (exact) mass is 347 g/mol. The van der Waals surface area contributed by atoms with Crippen LogP contribution in [0, 0.1) is 0 Å². The number of para-hydroxylation sites is 2. The molecule has 1 aromatic carbocycles. The van der Waals surface area contributed by atoms with Crippen LogP contribution in [0.1, 0.15) is 29.0 Å². The summed E-state index contributed by atoms with van der Waals surface area (Å²) in [6.45, 7) is 5.24. The SMILES string of the molecule is C[C@@H](c1cccnc1)N1CCN(C(=O)c2cnc3ccccc3n2)CC1. The number of carbonyl (C=O) groups excluding carboxylic acids is 1. The Bertz CT molecular complexity index is 906. The van der Waals surface area contributed by atoms with Crippen LogP contribution >= 0.6 is 0 Å². The molecule has 26 heavy (non-hydrogen) atoms. The van der Waals surface area contributed by atoms with Gasteiger partial charge in [0.1, 0.15) is 5.69 Å². The molecule has 3 heterocycles. The Kier molecular flexibility index (Phi) is 4.58. The normalized spacial score (nSPS) is 16.6. The molecule has 1 aliphatic rings. The lowest BCUT2D eigenvalue weighted by atomic mass is 10.1. The van der Waals surface area contributed by atoms with Gasteiger partial charge in [-0.2, -0.15) is 0 Å². The van der Waals surface area contributed by atoms with Gasteiger partial charge in [-0.15, -0.1) is 0 Å². The number of rotatable bonds is 3. The van der Waals surface area contributed by atoms with Gasteiger partial charge >= 0.3 is 0 Å². The molecule has 0 N–H and O–H groups in total. The van der Waals surface area contributed by atoms with Crippen LogP contribution in [0.2, 0.25) is 0 Å². The highest BCUT2D eigenvalue weighted by molar-refractivity contribution is 5.93. The molecule has 3 aromatic rings. The van der Waals surface area contributed by atoms with Crippen LogP contribution in [0.25, 0.3) is 11.0 Å². The second kappa shape index (κ2) is 7.17. The minimum atomic E-state index is -0.0445. The first-order valence-corrected chi connectivity index (χ1v) is 8.87. The zero-order valence-electron chi connectivity index (χ0n) is 14.7. The number of aromatic nitrogens is 3. The summed E-state index contributed by atoms with van der Waals surface area (Å²) in [5, 5.41) is 0. The lowest BCUT2D eigenvalue weighted by Crippen LogP contribution is -2.49. The molecule has 0 unspecified atom stereocenters. The van der Waals surface area contributed by atoms with Crippen LogP contribution in [0.3, 0.4) is 0 Å². The largest absolute Gasteiger partial charge is 0.335 e. The summed E-state index contributed by atoms with van der Waals surface area (Å²) >= 11 is 0. The number of carbonyl (C=O) groups is 1. The Morgan fingerprint density at radius 3 is 2.50 bits per heavy atom. The van der Waals surface area contributed by atoms with Gasteiger partial charge in [0.2, 0.25) is 0 Å². The van der Waals surface area contributed by atoms with Gasteiger partial charge in [0.15, 0.2) is 0 Å². The maximum atomic E-state index is 12.8. The van der Waals surface area contributed by atoms with Crippen molar-refractivity contribution in [1.29, 1.82) is 0 Å². The fourth-order valence-electron chi connectivity index (χ4n) is 3.37. The first-order chi connectivity index (χ1) is 12.7. The minimum absolute atomic E-state index is 0.0445. The highest BCUT2D eigenvalue weighted by atomic mass is 16.2. The predicted octanol–water partition coefficient (Wildman–Crippen LogP) is 2.54. The summed E-state index contributed by atoms with van der Waals surface area (Å²) in [5.41, 5.74) is 3.17. The fraction of sp³-hybridized carbons (Fsp3) is 0.300. The number of piperazine rings is 1. The van der Waals surface area contributed by atoms with Crippen molar-refractivity contribution in [2.24, 2.45) is 0 Å². The molecule has 1 atom stereocenters. The average Bonchev–Trinajstić information content (AvgIpc) is 2.73. The molecular formula is C20H21N5O. The fourth-order valence-corrected chi connectivity index (χ4v) is 3.37. The van der Waals surface area contributed by atoms with Crippen molar-refractivity contribution in [3.05, 3.63) is 66.2 Å². The Morgan fingerprint density at radius 2 is 1.77 bits per heavy atom. The number of hydrogen-bond acceptors (Lipinski definition) is 5. The minimum Gasteiger partial charge on any atom is -0.335 e. The number of hydrogen-bond donors (Lipinski definition) is 0. The third kappa shape index (κ3) is 3.28. The molecule has 0 saturated carbocycles. The number of benzene rings is 1. The van der Waals surface area contributed by atoms with E-state index in [0.29, 0.717) is 24.8 Å². The van der Waals surface area contributed by atoms with Crippen LogP contribution in [-0.2, 0) is 0 Å². The van der Waals surface area contributed by atoms with Gasteiger partial charge in [0.25, 0.3) is 5.91 Å². The van der Waals surface area contributed by atoms with E-state index in [1.165, 1.54) is 5.56 Å². The summed E-state index contributed by atoms with van der Waals surface area (Å²) in [5.74, 6) is -0.0445. The summed E-state index contributed by atoms with van der Waals surface area (Å²) in [7, 11) is 0. The second-order valence-electron chi connectivity index (χ2n) is 6.53. The molecule has 0 radical (unpaired) electrons. The summed E-state index contributed by atoms with van der Waals surface area (Å²) < 4.78 is 0. The predicted molar refractivity (Wildman–Crippen MR) is 99.7 cm³/mol. The van der Waals surface area contributed by atoms with Gasteiger partial charge in [-0.25, -0.2) is 4.98 Å². The molecule has 132 valence electrons. The van der Waals surface area contributed by atoms with Gasteiger partial charge in [-0.1, -0.05) is 18.2 Å². The molecular weight excluding hydrogens is 326 g/mol. The molecule has 6 nitrogen and oxygen atoms in total. The van der Waals surface area contributed by atoms with Crippen molar-refractivity contribution < 1.29 is 4.79 Å². The first kappa shape index (κ1) is 16.6. The van der Waals surface area contributed by atoms with Crippen LogP contribution in [0.15, 0.2) is 55.0 Å². The van der Waals surface area contributed by atoms with E-state index < -0.39 is 0 Å². The van der Waals surface area contributed by atoms with E-state index in [9.17, 15) is 4.79 Å². The lowest BCUT2D eigenvalue weighted by molar-refractivity contribution is 0.0576. The molecule has 4 rings (SSSR count). The zero-order chi connectivity index (χ0) is 17.9. The van der Waals surface area contributed by atoms with Crippen LogP contribution < -0.4 is 0 Å². The van der Waals surface area contributed by atoms with E-state index in [0.717, 1.165) is 24.1 Å². The quantitative estimate of drug-likeness (QED) is 0.729.